The standard InChI is InChI=1S/C8H7NO4/c1-5(8(12)13-2)9-6(10)3-4-7(9)11/h3-4H,1H2,2H3. The van der Waals surface area contributed by atoms with Gasteiger partial charge in [0.15, 0.2) is 0 Å². The molecule has 0 spiro atoms. The molecule has 0 aromatic rings. The summed E-state index contributed by atoms with van der Waals surface area (Å²) in [5, 5.41) is 0. The van der Waals surface area contributed by atoms with Crippen molar-refractivity contribution in [2.75, 3.05) is 7.11 Å². The van der Waals surface area contributed by atoms with E-state index in [0.717, 1.165) is 19.3 Å². The van der Waals surface area contributed by atoms with E-state index >= 15 is 0 Å². The normalized spacial score (nSPS) is 15.0. The van der Waals surface area contributed by atoms with Crippen molar-refractivity contribution in [1.82, 2.24) is 4.90 Å². The van der Waals surface area contributed by atoms with E-state index in [1.54, 1.807) is 0 Å². The number of carbonyl (C=O) groups excluding carboxylic acids is 3. The van der Waals surface area contributed by atoms with Gasteiger partial charge in [-0.2, -0.15) is 0 Å². The van der Waals surface area contributed by atoms with E-state index < -0.39 is 17.8 Å². The van der Waals surface area contributed by atoms with Crippen molar-refractivity contribution in [3.05, 3.63) is 24.4 Å². The topological polar surface area (TPSA) is 63.7 Å². The number of hydrogen-bond acceptors (Lipinski definition) is 4. The van der Waals surface area contributed by atoms with Crippen LogP contribution in [0.4, 0.5) is 0 Å². The fourth-order valence-corrected chi connectivity index (χ4v) is 0.875. The van der Waals surface area contributed by atoms with Gasteiger partial charge in [-0.3, -0.25) is 9.59 Å². The summed E-state index contributed by atoms with van der Waals surface area (Å²) in [5.74, 6) is -1.97. The number of imide groups is 1. The Kier molecular flexibility index (Phi) is 2.27. The van der Waals surface area contributed by atoms with Crippen LogP contribution in [0.5, 0.6) is 0 Å². The van der Waals surface area contributed by atoms with Gasteiger partial charge in [0.25, 0.3) is 11.8 Å². The molecule has 1 aliphatic heterocycles. The summed E-state index contributed by atoms with van der Waals surface area (Å²) < 4.78 is 4.31. The summed E-state index contributed by atoms with van der Waals surface area (Å²) >= 11 is 0. The summed E-state index contributed by atoms with van der Waals surface area (Å²) in [6, 6.07) is 0. The molecule has 0 radical (unpaired) electrons. The summed E-state index contributed by atoms with van der Waals surface area (Å²) in [6.45, 7) is 3.28. The van der Waals surface area contributed by atoms with Crippen molar-refractivity contribution >= 4 is 17.8 Å². The first-order chi connectivity index (χ1) is 6.07. The highest BCUT2D eigenvalue weighted by Gasteiger charge is 2.29. The summed E-state index contributed by atoms with van der Waals surface area (Å²) in [6.07, 6.45) is 2.13. The Morgan fingerprint density at radius 1 is 1.38 bits per heavy atom. The Bertz CT molecular complexity index is 311. The van der Waals surface area contributed by atoms with Crippen LogP contribution in [0.2, 0.25) is 0 Å². The van der Waals surface area contributed by atoms with Crippen molar-refractivity contribution in [3.63, 3.8) is 0 Å². The van der Waals surface area contributed by atoms with E-state index in [4.69, 9.17) is 0 Å². The molecule has 0 N–H and O–H groups in total. The smallest absolute Gasteiger partial charge is 0.354 e. The van der Waals surface area contributed by atoms with Gasteiger partial charge >= 0.3 is 5.97 Å². The van der Waals surface area contributed by atoms with E-state index in [2.05, 4.69) is 11.3 Å². The largest absolute Gasteiger partial charge is 0.464 e. The third-order valence-corrected chi connectivity index (χ3v) is 1.50. The number of nitrogens with zero attached hydrogens (tertiary/aromatic N) is 1. The van der Waals surface area contributed by atoms with Crippen molar-refractivity contribution in [2.24, 2.45) is 0 Å². The quantitative estimate of drug-likeness (QED) is 0.330. The lowest BCUT2D eigenvalue weighted by molar-refractivity contribution is -0.144. The highest BCUT2D eigenvalue weighted by atomic mass is 16.5. The minimum absolute atomic E-state index is 0.275. The van der Waals surface area contributed by atoms with Crippen molar-refractivity contribution < 1.29 is 19.1 Å². The monoisotopic (exact) mass is 181 g/mol. The Hall–Kier alpha value is -1.91. The van der Waals surface area contributed by atoms with Gasteiger partial charge in [-0.25, -0.2) is 9.69 Å². The number of esters is 1. The van der Waals surface area contributed by atoms with E-state index in [-0.39, 0.29) is 5.70 Å². The van der Waals surface area contributed by atoms with Crippen LogP contribution in [0, 0.1) is 0 Å². The number of rotatable bonds is 2. The van der Waals surface area contributed by atoms with Gasteiger partial charge in [0.05, 0.1) is 7.11 Å². The van der Waals surface area contributed by atoms with Crippen molar-refractivity contribution in [1.29, 1.82) is 0 Å². The first-order valence-electron chi connectivity index (χ1n) is 3.41. The maximum atomic E-state index is 11.0. The van der Waals surface area contributed by atoms with Gasteiger partial charge in [0.1, 0.15) is 5.70 Å². The van der Waals surface area contributed by atoms with Crippen LogP contribution in [-0.4, -0.2) is 29.8 Å². The molecule has 0 saturated heterocycles. The zero-order valence-corrected chi connectivity index (χ0v) is 6.94. The average molecular weight is 181 g/mol. The summed E-state index contributed by atoms with van der Waals surface area (Å²) in [5.41, 5.74) is -0.275. The fourth-order valence-electron chi connectivity index (χ4n) is 0.875. The predicted octanol–water partition coefficient (Wildman–Crippen LogP) is -0.402. The summed E-state index contributed by atoms with van der Waals surface area (Å²) in [4.78, 5) is 33.5. The first kappa shape index (κ1) is 9.18. The fraction of sp³-hybridized carbons (Fsp3) is 0.125. The average Bonchev–Trinajstić information content (AvgIpc) is 2.44. The molecule has 13 heavy (non-hydrogen) atoms. The zero-order chi connectivity index (χ0) is 10.0. The molecule has 0 fully saturated rings. The minimum atomic E-state index is -0.801. The maximum Gasteiger partial charge on any atom is 0.354 e. The van der Waals surface area contributed by atoms with E-state index in [1.807, 2.05) is 0 Å². The number of ether oxygens (including phenoxy) is 1. The second-order valence-corrected chi connectivity index (χ2v) is 2.28. The molecule has 5 nitrogen and oxygen atoms in total. The Balaban J connectivity index is 2.85. The highest BCUT2D eigenvalue weighted by Crippen LogP contribution is 2.11. The Labute approximate surface area is 74.3 Å². The Morgan fingerprint density at radius 2 is 1.85 bits per heavy atom. The van der Waals surface area contributed by atoms with Crippen molar-refractivity contribution in [3.8, 4) is 0 Å². The lowest BCUT2D eigenvalue weighted by Gasteiger charge is -2.13. The van der Waals surface area contributed by atoms with Crippen LogP contribution in [0.15, 0.2) is 24.4 Å². The molecule has 0 saturated carbocycles. The molecule has 5 heteroatoms. The SMILES string of the molecule is C=C(C(=O)OC)N1C(=O)C=CC1=O. The van der Waals surface area contributed by atoms with E-state index in [0.29, 0.717) is 4.90 Å². The Morgan fingerprint density at radius 3 is 2.23 bits per heavy atom. The van der Waals surface area contributed by atoms with Crippen LogP contribution >= 0.6 is 0 Å². The molecule has 0 bridgehead atoms. The van der Waals surface area contributed by atoms with Gasteiger partial charge in [-0.05, 0) is 0 Å². The maximum absolute atomic E-state index is 11.0. The summed E-state index contributed by atoms with van der Waals surface area (Å²) in [7, 11) is 1.14. The molecule has 0 aromatic carbocycles. The first-order valence-corrected chi connectivity index (χ1v) is 3.41. The van der Waals surface area contributed by atoms with Gasteiger partial charge in [-0.1, -0.05) is 6.58 Å². The molecule has 2 amide bonds. The van der Waals surface area contributed by atoms with Crippen LogP contribution in [-0.2, 0) is 19.1 Å². The third-order valence-electron chi connectivity index (χ3n) is 1.50. The van der Waals surface area contributed by atoms with Gasteiger partial charge < -0.3 is 4.74 Å². The molecular weight excluding hydrogens is 174 g/mol. The van der Waals surface area contributed by atoms with Gasteiger partial charge in [0.2, 0.25) is 0 Å². The molecule has 0 aromatic heterocycles. The number of methoxy groups -OCH3 is 1. The van der Waals surface area contributed by atoms with Gasteiger partial charge in [-0.15, -0.1) is 0 Å². The lowest BCUT2D eigenvalue weighted by atomic mass is 10.4. The van der Waals surface area contributed by atoms with Crippen LogP contribution in [0.1, 0.15) is 0 Å². The molecule has 68 valence electrons. The second-order valence-electron chi connectivity index (χ2n) is 2.28. The van der Waals surface area contributed by atoms with E-state index in [1.165, 1.54) is 0 Å². The van der Waals surface area contributed by atoms with Crippen LogP contribution < -0.4 is 0 Å². The van der Waals surface area contributed by atoms with Crippen molar-refractivity contribution in [2.45, 2.75) is 0 Å². The van der Waals surface area contributed by atoms with Gasteiger partial charge in [0, 0.05) is 12.2 Å². The van der Waals surface area contributed by atoms with E-state index in [9.17, 15) is 14.4 Å². The number of hydrogen-bond donors (Lipinski definition) is 0. The molecule has 1 rings (SSSR count). The molecular formula is C8H7NO4. The molecule has 0 atom stereocenters. The molecule has 0 unspecified atom stereocenters. The molecule has 1 heterocycles. The third kappa shape index (κ3) is 1.48. The second kappa shape index (κ2) is 3.22. The molecule has 1 aliphatic rings. The number of amides is 2. The number of carbonyl (C=O) groups is 3. The minimum Gasteiger partial charge on any atom is -0.464 e. The van der Waals surface area contributed by atoms with Crippen LogP contribution in [0.25, 0.3) is 0 Å². The predicted molar refractivity (Wildman–Crippen MR) is 42.1 cm³/mol. The zero-order valence-electron chi connectivity index (χ0n) is 6.94. The molecule has 0 aliphatic carbocycles. The lowest BCUT2D eigenvalue weighted by Crippen LogP contribution is -2.32. The highest BCUT2D eigenvalue weighted by molar-refractivity contribution is 6.17. The van der Waals surface area contributed by atoms with Crippen LogP contribution in [0.3, 0.4) is 0 Å².